The van der Waals surface area contributed by atoms with E-state index in [1.807, 2.05) is 54.6 Å². The van der Waals surface area contributed by atoms with Crippen molar-refractivity contribution in [3.05, 3.63) is 88.9 Å². The predicted molar refractivity (Wildman–Crippen MR) is 130 cm³/mol. The van der Waals surface area contributed by atoms with Crippen LogP contribution in [-0.4, -0.2) is 32.8 Å². The summed E-state index contributed by atoms with van der Waals surface area (Å²) in [5, 5.41) is 3.94. The second kappa shape index (κ2) is 10.4. The van der Waals surface area contributed by atoms with E-state index in [0.717, 1.165) is 20.6 Å². The smallest absolute Gasteiger partial charge is 0.263 e. The largest absolute Gasteiger partial charge is 0.457 e. The predicted octanol–water partition coefficient (Wildman–Crippen LogP) is 4.55. The van der Waals surface area contributed by atoms with Crippen LogP contribution in [0.1, 0.15) is 12.5 Å². The molecular weight excluding hydrogens is 494 g/mol. The Morgan fingerprint density at radius 2 is 1.69 bits per heavy atom. The maximum Gasteiger partial charge on any atom is 0.263 e. The van der Waals surface area contributed by atoms with Crippen molar-refractivity contribution in [2.75, 3.05) is 10.6 Å². The second-order valence-corrected chi connectivity index (χ2v) is 9.71. The van der Waals surface area contributed by atoms with E-state index >= 15 is 0 Å². The van der Waals surface area contributed by atoms with Gasteiger partial charge in [0.25, 0.3) is 5.91 Å². The molecule has 7 nitrogen and oxygen atoms in total. The molecule has 0 radical (unpaired) electrons. The van der Waals surface area contributed by atoms with Gasteiger partial charge in [0, 0.05) is 4.47 Å². The Kier molecular flexibility index (Phi) is 7.66. The second-order valence-electron chi connectivity index (χ2n) is 6.93. The molecule has 1 atom stereocenters. The maximum absolute atomic E-state index is 12.6. The molecule has 0 aliphatic carbocycles. The lowest BCUT2D eigenvalue weighted by Gasteiger charge is -2.27. The number of carbonyl (C=O) groups excluding carboxylic acids is 1. The molecule has 3 aromatic rings. The highest BCUT2D eigenvalue weighted by atomic mass is 79.9. The van der Waals surface area contributed by atoms with Gasteiger partial charge in [-0.3, -0.25) is 9.10 Å². The van der Waals surface area contributed by atoms with Crippen molar-refractivity contribution < 1.29 is 17.9 Å². The molecule has 3 aromatic carbocycles. The van der Waals surface area contributed by atoms with E-state index in [2.05, 4.69) is 26.5 Å². The molecule has 3 rings (SSSR count). The minimum absolute atomic E-state index is 0.339. The normalized spacial score (nSPS) is 12.3. The van der Waals surface area contributed by atoms with Gasteiger partial charge in [-0.05, 0) is 61.0 Å². The number of amides is 1. The molecule has 1 N–H and O–H groups in total. The lowest BCUT2D eigenvalue weighted by Crippen LogP contribution is -2.46. The van der Waals surface area contributed by atoms with Gasteiger partial charge in [0.2, 0.25) is 10.0 Å². The summed E-state index contributed by atoms with van der Waals surface area (Å²) in [6.45, 7) is 1.50. The van der Waals surface area contributed by atoms with Gasteiger partial charge in [-0.2, -0.15) is 5.10 Å². The fourth-order valence-electron chi connectivity index (χ4n) is 2.95. The molecule has 0 heterocycles. The number of benzene rings is 3. The van der Waals surface area contributed by atoms with Crippen LogP contribution in [0.5, 0.6) is 11.5 Å². The van der Waals surface area contributed by atoms with Crippen molar-refractivity contribution in [2.45, 2.75) is 13.0 Å². The average molecular weight is 516 g/mol. The van der Waals surface area contributed by atoms with Crippen LogP contribution >= 0.6 is 15.9 Å². The molecule has 0 unspecified atom stereocenters. The van der Waals surface area contributed by atoms with Gasteiger partial charge in [-0.15, -0.1) is 0 Å². The number of nitrogens with zero attached hydrogens (tertiary/aromatic N) is 2. The van der Waals surface area contributed by atoms with Gasteiger partial charge in [0.15, 0.2) is 0 Å². The molecule has 0 saturated carbocycles. The molecule has 1 amide bonds. The van der Waals surface area contributed by atoms with Crippen molar-refractivity contribution >= 4 is 43.8 Å². The number of para-hydroxylation sites is 1. The number of nitrogens with one attached hydrogen (secondary N) is 1. The number of anilines is 1. The summed E-state index contributed by atoms with van der Waals surface area (Å²) in [6.07, 6.45) is 2.53. The van der Waals surface area contributed by atoms with Crippen molar-refractivity contribution in [2.24, 2.45) is 5.10 Å². The highest BCUT2D eigenvalue weighted by molar-refractivity contribution is 9.10. The van der Waals surface area contributed by atoms with E-state index in [0.29, 0.717) is 17.2 Å². The number of hydrazone groups is 1. The lowest BCUT2D eigenvalue weighted by molar-refractivity contribution is -0.121. The highest BCUT2D eigenvalue weighted by Gasteiger charge is 2.29. The third kappa shape index (κ3) is 6.41. The molecule has 166 valence electrons. The molecule has 9 heteroatoms. The summed E-state index contributed by atoms with van der Waals surface area (Å²) < 4.78 is 32.6. The van der Waals surface area contributed by atoms with Gasteiger partial charge in [-0.25, -0.2) is 13.8 Å². The van der Waals surface area contributed by atoms with Crippen LogP contribution in [-0.2, 0) is 14.8 Å². The molecule has 0 aromatic heterocycles. The molecule has 0 spiro atoms. The van der Waals surface area contributed by atoms with E-state index in [4.69, 9.17) is 4.74 Å². The summed E-state index contributed by atoms with van der Waals surface area (Å²) in [5.41, 5.74) is 3.52. The number of hydrogen-bond donors (Lipinski definition) is 1. The first-order valence-electron chi connectivity index (χ1n) is 9.65. The third-order valence-corrected chi connectivity index (χ3v) is 6.13. The summed E-state index contributed by atoms with van der Waals surface area (Å²) in [5.74, 6) is 0.645. The zero-order valence-corrected chi connectivity index (χ0v) is 19.9. The number of rotatable bonds is 8. The standard InChI is InChI=1S/C23H22BrN3O4S/c1-17(23(28)26-25-16-18-7-6-8-19(24)15-18)27(32(2,29)30)20-11-13-22(14-12-20)31-21-9-4-3-5-10-21/h3-17H,1-2H3,(H,26,28)/b25-16-/t17-/m1/s1. The molecule has 32 heavy (non-hydrogen) atoms. The molecule has 0 aliphatic heterocycles. The van der Waals surface area contributed by atoms with Crippen molar-refractivity contribution in [3.63, 3.8) is 0 Å². The van der Waals surface area contributed by atoms with Crippen molar-refractivity contribution in [1.82, 2.24) is 5.43 Å². The number of sulfonamides is 1. The number of hydrogen-bond acceptors (Lipinski definition) is 5. The first-order chi connectivity index (χ1) is 15.2. The van der Waals surface area contributed by atoms with E-state index in [1.54, 1.807) is 24.3 Å². The fraction of sp³-hybridized carbons (Fsp3) is 0.130. The lowest BCUT2D eigenvalue weighted by atomic mass is 10.2. The van der Waals surface area contributed by atoms with Crippen molar-refractivity contribution in [1.29, 1.82) is 0 Å². The van der Waals surface area contributed by atoms with E-state index in [-0.39, 0.29) is 0 Å². The first kappa shape index (κ1) is 23.5. The van der Waals surface area contributed by atoms with Crippen LogP contribution in [0.4, 0.5) is 5.69 Å². The quantitative estimate of drug-likeness (QED) is 0.352. The Morgan fingerprint density at radius 1 is 1.03 bits per heavy atom. The zero-order valence-electron chi connectivity index (χ0n) is 17.5. The van der Waals surface area contributed by atoms with Crippen LogP contribution in [0.2, 0.25) is 0 Å². The fourth-order valence-corrected chi connectivity index (χ4v) is 4.54. The number of ether oxygens (including phenoxy) is 1. The van der Waals surface area contributed by atoms with Gasteiger partial charge in [-0.1, -0.05) is 46.3 Å². The van der Waals surface area contributed by atoms with Gasteiger partial charge >= 0.3 is 0 Å². The molecule has 0 aliphatic rings. The monoisotopic (exact) mass is 515 g/mol. The van der Waals surface area contributed by atoms with Gasteiger partial charge in [0.05, 0.1) is 18.2 Å². The maximum atomic E-state index is 12.6. The minimum Gasteiger partial charge on any atom is -0.457 e. The van der Waals surface area contributed by atoms with Crippen molar-refractivity contribution in [3.8, 4) is 11.5 Å². The highest BCUT2D eigenvalue weighted by Crippen LogP contribution is 2.26. The Balaban J connectivity index is 1.73. The van der Waals surface area contributed by atoms with Gasteiger partial charge in [0.1, 0.15) is 17.5 Å². The summed E-state index contributed by atoms with van der Waals surface area (Å²) in [7, 11) is -3.74. The molecule has 0 bridgehead atoms. The number of halogens is 1. The Labute approximate surface area is 195 Å². The van der Waals surface area contributed by atoms with Crippen LogP contribution in [0, 0.1) is 0 Å². The Hall–Kier alpha value is -3.17. The van der Waals surface area contributed by atoms with Crippen LogP contribution < -0.4 is 14.5 Å². The Bertz CT molecular complexity index is 1200. The summed E-state index contributed by atoms with van der Waals surface area (Å²) in [4.78, 5) is 12.6. The number of carbonyl (C=O) groups is 1. The van der Waals surface area contributed by atoms with E-state index in [9.17, 15) is 13.2 Å². The van der Waals surface area contributed by atoms with Crippen LogP contribution in [0.25, 0.3) is 0 Å². The summed E-state index contributed by atoms with van der Waals surface area (Å²) >= 11 is 3.37. The molecule has 0 saturated heterocycles. The average Bonchev–Trinajstić information content (AvgIpc) is 2.75. The van der Waals surface area contributed by atoms with Crippen LogP contribution in [0.3, 0.4) is 0 Å². The molecular formula is C23H22BrN3O4S. The Morgan fingerprint density at radius 3 is 2.31 bits per heavy atom. The van der Waals surface area contributed by atoms with Gasteiger partial charge < -0.3 is 4.74 Å². The summed E-state index contributed by atoms with van der Waals surface area (Å²) in [6, 6.07) is 22.1. The topological polar surface area (TPSA) is 88.1 Å². The minimum atomic E-state index is -3.74. The third-order valence-electron chi connectivity index (χ3n) is 4.40. The SMILES string of the molecule is C[C@H](C(=O)N/N=C\c1cccc(Br)c1)N(c1ccc(Oc2ccccc2)cc1)S(C)(=O)=O. The zero-order chi connectivity index (χ0) is 23.1. The first-order valence-corrected chi connectivity index (χ1v) is 12.3. The van der Waals surface area contributed by atoms with E-state index in [1.165, 1.54) is 13.1 Å². The van der Waals surface area contributed by atoms with E-state index < -0.39 is 22.0 Å². The van der Waals surface area contributed by atoms with Crippen LogP contribution in [0.15, 0.2) is 88.4 Å². The molecule has 0 fully saturated rings.